The number of nitrogens with zero attached hydrogens (tertiary/aromatic N) is 19. The number of morpholine rings is 2. The number of hydrogen-bond acceptors (Lipinski definition) is 22. The van der Waals surface area contributed by atoms with Gasteiger partial charge in [0.1, 0.15) is 53.4 Å². The van der Waals surface area contributed by atoms with E-state index >= 15 is 22.0 Å². The summed E-state index contributed by atoms with van der Waals surface area (Å²) in [5, 5.41) is 28.6. The number of ether oxygens (including phenoxy) is 4. The molecule has 11 aliphatic rings. The minimum absolute atomic E-state index is 0.0338. The highest BCUT2D eigenvalue weighted by molar-refractivity contribution is 6.09. The van der Waals surface area contributed by atoms with Gasteiger partial charge in [-0.15, -0.1) is 0 Å². The molecular formula is C89H98F5N23O11. The molecule has 2 aromatic carbocycles. The van der Waals surface area contributed by atoms with E-state index in [9.17, 15) is 33.6 Å². The maximum atomic E-state index is 16.6. The number of benzene rings is 2. The van der Waals surface area contributed by atoms with Crippen molar-refractivity contribution in [3.63, 3.8) is 0 Å². The number of aromatic nitrogens is 14. The molecule has 17 heterocycles. The molecule has 0 radical (unpaired) electrons. The van der Waals surface area contributed by atoms with Crippen molar-refractivity contribution >= 4 is 85.9 Å². The van der Waals surface area contributed by atoms with Gasteiger partial charge in [-0.2, -0.15) is 20.4 Å². The van der Waals surface area contributed by atoms with Crippen LogP contribution in [-0.4, -0.2) is 252 Å². The monoisotopic (exact) mass is 1760 g/mol. The van der Waals surface area contributed by atoms with Crippen molar-refractivity contribution in [1.29, 1.82) is 0 Å². The van der Waals surface area contributed by atoms with Gasteiger partial charge < -0.3 is 44.7 Å². The largest absolute Gasteiger partial charge is 0.495 e. The molecule has 8 aromatic heterocycles. The van der Waals surface area contributed by atoms with E-state index in [1.54, 1.807) is 58.5 Å². The maximum Gasteiger partial charge on any atom is 0.329 e. The zero-order valence-corrected chi connectivity index (χ0v) is 70.9. The second-order valence-corrected chi connectivity index (χ2v) is 36.3. The van der Waals surface area contributed by atoms with Crippen molar-refractivity contribution in [2.75, 3.05) is 106 Å². The summed E-state index contributed by atoms with van der Waals surface area (Å²) < 4.78 is 115. The zero-order chi connectivity index (χ0) is 87.8. The van der Waals surface area contributed by atoms with Gasteiger partial charge in [-0.25, -0.2) is 50.5 Å². The lowest BCUT2D eigenvalue weighted by Crippen LogP contribution is -2.52. The van der Waals surface area contributed by atoms with Crippen LogP contribution in [0.2, 0.25) is 0 Å². The molecular weight excluding hydrogens is 1660 g/mol. The predicted octanol–water partition coefficient (Wildman–Crippen LogP) is 7.29. The van der Waals surface area contributed by atoms with E-state index in [-0.39, 0.29) is 108 Å². The summed E-state index contributed by atoms with van der Waals surface area (Å²) >= 11 is 0. The molecule has 14 atom stereocenters. The average Bonchev–Trinajstić information content (AvgIpc) is 1.58. The van der Waals surface area contributed by atoms with Gasteiger partial charge in [-0.05, 0) is 138 Å². The Hall–Kier alpha value is -11.9. The van der Waals surface area contributed by atoms with E-state index in [0.717, 1.165) is 75.7 Å². The number of para-hydroxylation sites is 1. The third-order valence-electron chi connectivity index (χ3n) is 28.8. The van der Waals surface area contributed by atoms with Gasteiger partial charge in [0.15, 0.2) is 22.7 Å². The number of anilines is 4. The lowest BCUT2D eigenvalue weighted by atomic mass is 9.73. The summed E-state index contributed by atoms with van der Waals surface area (Å²) in [6.07, 6.45) is 9.17. The molecule has 39 heteroatoms. The van der Waals surface area contributed by atoms with Crippen LogP contribution in [0.3, 0.4) is 0 Å². The normalized spacial score (nSPS) is 27.9. The van der Waals surface area contributed by atoms with Gasteiger partial charge in [0.25, 0.3) is 24.7 Å². The second kappa shape index (κ2) is 33.6. The van der Waals surface area contributed by atoms with Crippen LogP contribution in [0.25, 0.3) is 33.4 Å². The van der Waals surface area contributed by atoms with Crippen LogP contribution in [0.15, 0.2) is 89.2 Å². The molecule has 21 rings (SSSR count). The number of imidazole rings is 2. The number of methoxy groups -OCH3 is 1. The highest BCUT2D eigenvalue weighted by Gasteiger charge is 2.54. The summed E-state index contributed by atoms with van der Waals surface area (Å²) in [6.45, 7) is 6.45. The zero-order valence-electron chi connectivity index (χ0n) is 70.9. The third-order valence-corrected chi connectivity index (χ3v) is 28.8. The molecule has 6 bridgehead atoms. The van der Waals surface area contributed by atoms with Crippen molar-refractivity contribution in [3.05, 3.63) is 134 Å². The Bertz CT molecular complexity index is 6340. The molecule has 670 valence electrons. The molecule has 2 saturated carbocycles. The van der Waals surface area contributed by atoms with Gasteiger partial charge in [-0.3, -0.25) is 71.6 Å². The number of nitrogens with one attached hydrogen (secondary N) is 4. The molecule has 128 heavy (non-hydrogen) atoms. The number of amides is 5. The third kappa shape index (κ3) is 15.1. The smallest absolute Gasteiger partial charge is 0.329 e. The Morgan fingerprint density at radius 2 is 1.31 bits per heavy atom. The highest BCUT2D eigenvalue weighted by Crippen LogP contribution is 2.50. The Morgan fingerprint density at radius 1 is 0.641 bits per heavy atom. The fourth-order valence-corrected chi connectivity index (χ4v) is 22.6. The first-order chi connectivity index (χ1) is 62.1. The second-order valence-electron chi connectivity index (χ2n) is 36.3. The molecule has 10 aromatic rings. The number of hydrogen-bond donors (Lipinski definition) is 4. The van der Waals surface area contributed by atoms with Gasteiger partial charge in [0, 0.05) is 122 Å². The quantitative estimate of drug-likeness (QED) is 0.0311. The van der Waals surface area contributed by atoms with E-state index in [0.29, 0.717) is 142 Å². The number of rotatable bonds is 21. The predicted molar refractivity (Wildman–Crippen MR) is 455 cm³/mol. The van der Waals surface area contributed by atoms with Crippen LogP contribution >= 0.6 is 0 Å². The molecule has 0 spiro atoms. The summed E-state index contributed by atoms with van der Waals surface area (Å²) in [6, 6.07) is 11.0. The lowest BCUT2D eigenvalue weighted by molar-refractivity contribution is -0.135. The average molecular weight is 1760 g/mol. The number of carbonyl (C=O) groups excluding carboxylic acids is 5. The summed E-state index contributed by atoms with van der Waals surface area (Å²) in [7, 11) is 4.77. The van der Waals surface area contributed by atoms with Crippen molar-refractivity contribution in [2.45, 2.75) is 188 Å². The first-order valence-corrected chi connectivity index (χ1v) is 44.5. The van der Waals surface area contributed by atoms with Crippen LogP contribution in [0.1, 0.15) is 177 Å². The standard InChI is InChI=1S/C89H98F5N23O11/c1-105-77-50(8-4-11-65(77)116(88(105)123)67-12-5-26-95-86(67)121)9-6-27-108-40-53-33-52(108)41-109(53)39-48-13-16-51(17-14-48)114-45-62(75(103-114)80(91)92)98-84(119)60-37-97-113-30-25-73(101-83(60)113)111-43-56-35-69(111)79(128-56)58-32-49(15-18-64(58)115-46-63(76(104-115)81(93)94)99-85(120)59-36-96-112-29-24-72(100-82(59)112)110-42-55-34-54(110)47-127-55)38-107-28-23-71(61(90)44-107)126-31-7-10-57-70(125-3)21-19-66-78(57)106(2)89(124)117(66)68-20-22-74(118)102-87(68)122/h4,8,11,19,21,24-25,29-30,36-37,45-46,48-49,51-56,58,61,64,67-69,71,79-81H,5,12-18,20,22-23,26-28,31-35,38-44,47H2,1-3H3,(H,95,121)(H,98,119)(H,99,120)(H,102,118,122)/t48-,49-,51-,52+,53+,54-,55-,56-,58?,61-,64-,67?,68?,69-,71+,79?/m1/s1. The first-order valence-electron chi connectivity index (χ1n) is 44.5. The summed E-state index contributed by atoms with van der Waals surface area (Å²) in [5.74, 6) is 11.8. The first kappa shape index (κ1) is 83.1. The van der Waals surface area contributed by atoms with Crippen LogP contribution < -0.4 is 47.2 Å². The van der Waals surface area contributed by atoms with Crippen molar-refractivity contribution in [3.8, 4) is 29.4 Å². The molecule has 5 amide bonds. The van der Waals surface area contributed by atoms with Crippen molar-refractivity contribution < 1.29 is 64.9 Å². The number of piperazine rings is 1. The Kier molecular flexibility index (Phi) is 21.8. The van der Waals surface area contributed by atoms with E-state index < -0.39 is 96.0 Å². The Balaban J connectivity index is 0.483. The SMILES string of the molecule is COc1ccc2c(c1C#CCO[C@H]1CCN(C[C@@H]3CC[C@@H](n4cc(NC(=O)c5cnn6ccc(N7C[C@H]8C[C@@H]7CO8)nc56)c(C(F)F)n4)C(C4O[C@@H]5C[C@H]4N(c4ccn6ncc(C(=O)Nc7cn([C@H]8CC[C@H](CN9C[C@@H]%10C[C@H]9CN%10CC#Cc9cccc%10c9n(C)c(=O)n%10C9CCCNC9=O)CC8)nc7C(F)F)c6n4)C5)C3)C[C@H]1F)n(C)c(=O)n2C1CCC(=O)NC1=O. The number of alkyl halides is 5. The van der Waals surface area contributed by atoms with Crippen LogP contribution in [0.4, 0.5) is 45.0 Å². The molecule has 2 aliphatic carbocycles. The summed E-state index contributed by atoms with van der Waals surface area (Å²) in [5.41, 5.74) is 1.72. The lowest BCUT2D eigenvalue weighted by Gasteiger charge is -2.45. The maximum absolute atomic E-state index is 16.6. The Morgan fingerprint density at radius 3 is 1.98 bits per heavy atom. The van der Waals surface area contributed by atoms with E-state index in [2.05, 4.69) is 89.8 Å². The topological polar surface area (TPSA) is 336 Å². The summed E-state index contributed by atoms with van der Waals surface area (Å²) in [4.78, 5) is 115. The van der Waals surface area contributed by atoms with Crippen molar-refractivity contribution in [1.82, 2.24) is 92.4 Å². The highest BCUT2D eigenvalue weighted by atomic mass is 19.3. The number of imide groups is 1. The number of piperidine rings is 3. The van der Waals surface area contributed by atoms with Gasteiger partial charge >= 0.3 is 11.4 Å². The fourth-order valence-electron chi connectivity index (χ4n) is 22.6. The minimum atomic E-state index is -3.10. The number of likely N-dealkylation sites (tertiary alicyclic amines) is 3. The molecule has 4 N–H and O–H groups in total. The Labute approximate surface area is 729 Å². The van der Waals surface area contributed by atoms with Gasteiger partial charge in [0.05, 0.1) is 126 Å². The van der Waals surface area contributed by atoms with E-state index in [1.165, 1.54) is 54.7 Å². The van der Waals surface area contributed by atoms with Crippen LogP contribution in [0.5, 0.6) is 5.75 Å². The molecule has 11 fully saturated rings. The van der Waals surface area contributed by atoms with Crippen molar-refractivity contribution in [2.24, 2.45) is 31.8 Å². The fraction of sp³-hybridized carbons (Fsp3) is 0.539. The number of aryl methyl sites for hydroxylation is 2. The minimum Gasteiger partial charge on any atom is -0.495 e. The van der Waals surface area contributed by atoms with E-state index in [4.69, 9.17) is 28.9 Å². The molecule has 4 unspecified atom stereocenters. The van der Waals surface area contributed by atoms with E-state index in [1.807, 2.05) is 24.3 Å². The van der Waals surface area contributed by atoms with Gasteiger partial charge in [-0.1, -0.05) is 29.7 Å². The van der Waals surface area contributed by atoms with Crippen LogP contribution in [-0.2, 0) is 42.7 Å². The molecule has 34 nitrogen and oxygen atoms in total. The van der Waals surface area contributed by atoms with Gasteiger partial charge in [0.2, 0.25) is 17.7 Å². The van der Waals surface area contributed by atoms with Crippen LogP contribution in [0, 0.1) is 41.4 Å². The molecule has 9 saturated heterocycles. The molecule has 9 aliphatic heterocycles. The number of carbonyl (C=O) groups is 5. The number of fused-ring (bicyclic) bond motifs is 10. The number of halogens is 5.